The molecule has 5 nitrogen and oxygen atoms in total. The number of hydrogen-bond acceptors (Lipinski definition) is 4. The Morgan fingerprint density at radius 2 is 2.21 bits per heavy atom. The van der Waals surface area contributed by atoms with Crippen molar-refractivity contribution in [2.75, 3.05) is 0 Å². The molecule has 1 amide bonds. The third-order valence-corrected chi connectivity index (χ3v) is 4.76. The van der Waals surface area contributed by atoms with Gasteiger partial charge in [0, 0.05) is 29.0 Å². The van der Waals surface area contributed by atoms with Crippen LogP contribution < -0.4 is 5.32 Å². The molecule has 0 spiro atoms. The van der Waals surface area contributed by atoms with Crippen molar-refractivity contribution in [2.24, 2.45) is 0 Å². The summed E-state index contributed by atoms with van der Waals surface area (Å²) in [5.74, 6) is -0.370. The van der Waals surface area contributed by atoms with Gasteiger partial charge in [0.05, 0.1) is 6.54 Å². The van der Waals surface area contributed by atoms with Crippen LogP contribution in [0.15, 0.2) is 17.0 Å². The van der Waals surface area contributed by atoms with Crippen LogP contribution in [0.1, 0.15) is 41.0 Å². The fourth-order valence-corrected chi connectivity index (χ4v) is 3.29. The summed E-state index contributed by atoms with van der Waals surface area (Å²) in [7, 11) is 0. The maximum Gasteiger partial charge on any atom is 0.262 e. The van der Waals surface area contributed by atoms with Crippen LogP contribution in [-0.2, 0) is 17.9 Å². The molecule has 2 aromatic rings. The number of nitrogens with zero attached hydrogens (tertiary/aromatic N) is 3. The number of rotatable bonds is 6. The number of thiazole rings is 1. The quantitative estimate of drug-likeness (QED) is 0.645. The van der Waals surface area contributed by atoms with E-state index >= 15 is 0 Å². The van der Waals surface area contributed by atoms with Crippen molar-refractivity contribution >= 4 is 23.3 Å². The molecule has 2 rings (SSSR count). The molecule has 0 saturated carbocycles. The smallest absolute Gasteiger partial charge is 0.262 e. The standard InChI is InChI=1S/C18H22N4OS/c1-5-6-22-13(3)7-15(14(22)4)8-16(9-19)18(23)20-10-17-21-12(2)11-24-17/h7-8,11H,5-6,10H2,1-4H3,(H,20,23)/b16-8-. The number of nitrogens with one attached hydrogen (secondary N) is 1. The average molecular weight is 342 g/mol. The van der Waals surface area contributed by atoms with Crippen molar-refractivity contribution in [3.63, 3.8) is 0 Å². The predicted octanol–water partition coefficient (Wildman–Crippen LogP) is 3.50. The zero-order valence-corrected chi connectivity index (χ0v) is 15.3. The molecule has 1 N–H and O–H groups in total. The lowest BCUT2D eigenvalue weighted by atomic mass is 10.1. The van der Waals surface area contributed by atoms with Crippen LogP contribution >= 0.6 is 11.3 Å². The van der Waals surface area contributed by atoms with Crippen LogP contribution in [-0.4, -0.2) is 15.5 Å². The Balaban J connectivity index is 2.15. The summed E-state index contributed by atoms with van der Waals surface area (Å²) in [5.41, 5.74) is 4.17. The fourth-order valence-electron chi connectivity index (χ4n) is 2.58. The van der Waals surface area contributed by atoms with E-state index in [2.05, 4.69) is 21.8 Å². The van der Waals surface area contributed by atoms with E-state index < -0.39 is 0 Å². The van der Waals surface area contributed by atoms with E-state index in [1.807, 2.05) is 38.3 Å². The highest BCUT2D eigenvalue weighted by atomic mass is 32.1. The molecular formula is C18H22N4OS. The molecule has 2 aromatic heterocycles. The number of carbonyl (C=O) groups is 1. The molecule has 0 fully saturated rings. The average Bonchev–Trinajstić information content (AvgIpc) is 3.08. The minimum absolute atomic E-state index is 0.111. The van der Waals surface area contributed by atoms with Gasteiger partial charge in [0.25, 0.3) is 5.91 Å². The highest BCUT2D eigenvalue weighted by Gasteiger charge is 2.13. The van der Waals surface area contributed by atoms with Crippen molar-refractivity contribution in [1.29, 1.82) is 5.26 Å². The number of aryl methyl sites for hydroxylation is 2. The molecule has 6 heteroatoms. The molecule has 24 heavy (non-hydrogen) atoms. The van der Waals surface area contributed by atoms with Gasteiger partial charge in [0.1, 0.15) is 16.6 Å². The number of nitriles is 1. The van der Waals surface area contributed by atoms with Gasteiger partial charge in [0.15, 0.2) is 0 Å². The Labute approximate surface area is 146 Å². The predicted molar refractivity (Wildman–Crippen MR) is 96.5 cm³/mol. The molecule has 0 unspecified atom stereocenters. The van der Waals surface area contributed by atoms with Crippen LogP contribution in [0.25, 0.3) is 6.08 Å². The topological polar surface area (TPSA) is 70.7 Å². The SMILES string of the molecule is CCCn1c(C)cc(/C=C(/C#N)C(=O)NCc2nc(C)cs2)c1C. The first-order valence-electron chi connectivity index (χ1n) is 7.94. The minimum atomic E-state index is -0.370. The maximum atomic E-state index is 12.3. The molecule has 2 heterocycles. The number of carbonyl (C=O) groups excluding carboxylic acids is 1. The second-order valence-electron chi connectivity index (χ2n) is 5.71. The Hall–Kier alpha value is -2.39. The van der Waals surface area contributed by atoms with Crippen LogP contribution in [0.2, 0.25) is 0 Å². The third-order valence-electron chi connectivity index (χ3n) is 3.79. The van der Waals surface area contributed by atoms with E-state index in [0.717, 1.165) is 40.6 Å². The summed E-state index contributed by atoms with van der Waals surface area (Å²) in [5, 5.41) is 14.9. The molecule has 126 valence electrons. The van der Waals surface area contributed by atoms with E-state index in [4.69, 9.17) is 0 Å². The molecule has 0 aliphatic carbocycles. The molecule has 0 atom stereocenters. The van der Waals surface area contributed by atoms with Crippen molar-refractivity contribution in [1.82, 2.24) is 14.9 Å². The van der Waals surface area contributed by atoms with Crippen molar-refractivity contribution in [3.8, 4) is 6.07 Å². The minimum Gasteiger partial charge on any atom is -0.349 e. The van der Waals surface area contributed by atoms with Crippen LogP contribution in [0.3, 0.4) is 0 Å². The van der Waals surface area contributed by atoms with Crippen molar-refractivity contribution in [2.45, 2.75) is 47.2 Å². The Bertz CT molecular complexity index is 808. The first-order valence-corrected chi connectivity index (χ1v) is 8.82. The van der Waals surface area contributed by atoms with E-state index in [-0.39, 0.29) is 11.5 Å². The van der Waals surface area contributed by atoms with Gasteiger partial charge in [-0.3, -0.25) is 4.79 Å². The van der Waals surface area contributed by atoms with Gasteiger partial charge in [-0.1, -0.05) is 6.92 Å². The first kappa shape index (κ1) is 18.0. The lowest BCUT2D eigenvalue weighted by Gasteiger charge is -2.07. The molecule has 0 radical (unpaired) electrons. The van der Waals surface area contributed by atoms with Gasteiger partial charge in [-0.2, -0.15) is 5.26 Å². The van der Waals surface area contributed by atoms with Crippen LogP contribution in [0.4, 0.5) is 0 Å². The molecule has 0 saturated heterocycles. The summed E-state index contributed by atoms with van der Waals surface area (Å²) in [6.45, 7) is 9.36. The molecule has 0 aliphatic heterocycles. The second-order valence-corrected chi connectivity index (χ2v) is 6.66. The second kappa shape index (κ2) is 7.93. The highest BCUT2D eigenvalue weighted by molar-refractivity contribution is 7.09. The Kier molecular flexibility index (Phi) is 5.93. The van der Waals surface area contributed by atoms with E-state index in [9.17, 15) is 10.1 Å². The monoisotopic (exact) mass is 342 g/mol. The largest absolute Gasteiger partial charge is 0.349 e. The Morgan fingerprint density at radius 1 is 1.46 bits per heavy atom. The highest BCUT2D eigenvalue weighted by Crippen LogP contribution is 2.19. The van der Waals surface area contributed by atoms with E-state index in [0.29, 0.717) is 6.54 Å². The Morgan fingerprint density at radius 3 is 2.79 bits per heavy atom. The summed E-state index contributed by atoms with van der Waals surface area (Å²) >= 11 is 1.50. The fraction of sp³-hybridized carbons (Fsp3) is 0.389. The molecule has 0 aliphatic rings. The van der Waals surface area contributed by atoms with Crippen molar-refractivity contribution < 1.29 is 4.79 Å². The van der Waals surface area contributed by atoms with E-state index in [1.165, 1.54) is 11.3 Å². The van der Waals surface area contributed by atoms with Gasteiger partial charge in [-0.25, -0.2) is 4.98 Å². The van der Waals surface area contributed by atoms with Gasteiger partial charge < -0.3 is 9.88 Å². The summed E-state index contributed by atoms with van der Waals surface area (Å²) in [4.78, 5) is 16.6. The first-order chi connectivity index (χ1) is 11.5. The molecular weight excluding hydrogens is 320 g/mol. The number of aromatic nitrogens is 2. The number of hydrogen-bond donors (Lipinski definition) is 1. The van der Waals surface area contributed by atoms with Gasteiger partial charge in [-0.15, -0.1) is 11.3 Å². The summed E-state index contributed by atoms with van der Waals surface area (Å²) in [6, 6.07) is 4.02. The summed E-state index contributed by atoms with van der Waals surface area (Å²) in [6.07, 6.45) is 2.70. The van der Waals surface area contributed by atoms with Gasteiger partial charge >= 0.3 is 0 Å². The van der Waals surface area contributed by atoms with Gasteiger partial charge in [0.2, 0.25) is 0 Å². The maximum absolute atomic E-state index is 12.3. The zero-order valence-electron chi connectivity index (χ0n) is 14.5. The molecule has 0 bridgehead atoms. The lowest BCUT2D eigenvalue weighted by molar-refractivity contribution is -0.117. The third kappa shape index (κ3) is 4.12. The van der Waals surface area contributed by atoms with Crippen LogP contribution in [0.5, 0.6) is 0 Å². The lowest BCUT2D eigenvalue weighted by Crippen LogP contribution is -2.23. The van der Waals surface area contributed by atoms with Crippen LogP contribution in [0, 0.1) is 32.1 Å². The normalized spacial score (nSPS) is 11.4. The zero-order chi connectivity index (χ0) is 17.7. The summed E-state index contributed by atoms with van der Waals surface area (Å²) < 4.78 is 2.21. The van der Waals surface area contributed by atoms with Crippen molar-refractivity contribution in [3.05, 3.63) is 44.7 Å². The van der Waals surface area contributed by atoms with Gasteiger partial charge in [-0.05, 0) is 44.9 Å². The molecule has 0 aromatic carbocycles. The van der Waals surface area contributed by atoms with E-state index in [1.54, 1.807) is 6.08 Å². The number of amides is 1.